The molecule has 2 heterocycles. The summed E-state index contributed by atoms with van der Waals surface area (Å²) in [6.07, 6.45) is 4.10. The van der Waals surface area contributed by atoms with Gasteiger partial charge in [0.15, 0.2) is 0 Å². The van der Waals surface area contributed by atoms with Crippen molar-refractivity contribution in [1.29, 1.82) is 0 Å². The molecule has 0 radical (unpaired) electrons. The Labute approximate surface area is 117 Å². The average Bonchev–Trinajstić information content (AvgIpc) is 2.38. The van der Waals surface area contributed by atoms with Crippen molar-refractivity contribution < 1.29 is 9.59 Å². The summed E-state index contributed by atoms with van der Waals surface area (Å²) in [6.45, 7) is 0. The van der Waals surface area contributed by atoms with Crippen LogP contribution in [0.4, 0.5) is 0 Å². The smallest absolute Gasteiger partial charge is 0.234 e. The van der Waals surface area contributed by atoms with Gasteiger partial charge >= 0.3 is 0 Å². The second-order valence-electron chi connectivity index (χ2n) is 4.46. The highest BCUT2D eigenvalue weighted by atomic mass is 79.9. The first-order valence-corrected chi connectivity index (χ1v) is 6.67. The molecular formula is C13H10BrN3O2. The number of aromatic nitrogens is 2. The third-order valence-electron chi connectivity index (χ3n) is 3.24. The second kappa shape index (κ2) is 4.70. The van der Waals surface area contributed by atoms with E-state index in [1.54, 1.807) is 6.20 Å². The van der Waals surface area contributed by atoms with Crippen LogP contribution in [-0.2, 0) is 9.59 Å². The molecule has 1 N–H and O–H groups in total. The molecule has 6 heteroatoms. The molecule has 1 aliphatic rings. The van der Waals surface area contributed by atoms with E-state index in [1.807, 2.05) is 12.1 Å². The summed E-state index contributed by atoms with van der Waals surface area (Å²) in [7, 11) is 0. The number of rotatable bonds is 1. The Hall–Kier alpha value is -1.82. The lowest BCUT2D eigenvalue weighted by Crippen LogP contribution is -2.39. The van der Waals surface area contributed by atoms with E-state index in [0.717, 1.165) is 20.9 Å². The second-order valence-corrected chi connectivity index (χ2v) is 5.32. The number of nitrogens with one attached hydrogen (secondary N) is 1. The molecule has 1 aromatic carbocycles. The van der Waals surface area contributed by atoms with E-state index in [0.29, 0.717) is 12.8 Å². The molecule has 0 saturated carbocycles. The molecule has 1 aliphatic heterocycles. The fourth-order valence-electron chi connectivity index (χ4n) is 2.27. The lowest BCUT2D eigenvalue weighted by atomic mass is 9.90. The molecule has 19 heavy (non-hydrogen) atoms. The highest BCUT2D eigenvalue weighted by molar-refractivity contribution is 9.10. The molecule has 96 valence electrons. The van der Waals surface area contributed by atoms with Crippen LogP contribution in [0.3, 0.4) is 0 Å². The number of halogens is 1. The number of benzene rings is 1. The summed E-state index contributed by atoms with van der Waals surface area (Å²) >= 11 is 3.47. The van der Waals surface area contributed by atoms with E-state index in [4.69, 9.17) is 0 Å². The maximum atomic E-state index is 11.9. The Morgan fingerprint density at radius 1 is 1.32 bits per heavy atom. The molecule has 0 spiro atoms. The topological polar surface area (TPSA) is 72.0 Å². The maximum Gasteiger partial charge on any atom is 0.234 e. The van der Waals surface area contributed by atoms with Crippen LogP contribution >= 0.6 is 15.9 Å². The minimum absolute atomic E-state index is 0.205. The van der Waals surface area contributed by atoms with E-state index in [2.05, 4.69) is 31.2 Å². The van der Waals surface area contributed by atoms with E-state index in [-0.39, 0.29) is 17.7 Å². The van der Waals surface area contributed by atoms with Gasteiger partial charge in [0.1, 0.15) is 6.33 Å². The van der Waals surface area contributed by atoms with Crippen molar-refractivity contribution >= 4 is 38.6 Å². The minimum Gasteiger partial charge on any atom is -0.296 e. The first-order valence-electron chi connectivity index (χ1n) is 5.88. The number of piperidine rings is 1. The minimum atomic E-state index is -0.298. The Bertz CT molecular complexity index is 687. The van der Waals surface area contributed by atoms with E-state index < -0.39 is 0 Å². The Kier molecular flexibility index (Phi) is 3.02. The van der Waals surface area contributed by atoms with Crippen molar-refractivity contribution in [1.82, 2.24) is 15.3 Å². The number of fused-ring (bicyclic) bond motifs is 1. The molecule has 1 atom stereocenters. The summed E-state index contributed by atoms with van der Waals surface area (Å²) in [5, 5.41) is 3.27. The van der Waals surface area contributed by atoms with Crippen LogP contribution in [0.2, 0.25) is 0 Å². The maximum absolute atomic E-state index is 11.9. The predicted octanol–water partition coefficient (Wildman–Crippen LogP) is 1.91. The molecule has 2 aromatic rings. The first-order chi connectivity index (χ1) is 9.15. The monoisotopic (exact) mass is 319 g/mol. The quantitative estimate of drug-likeness (QED) is 0.815. The van der Waals surface area contributed by atoms with Gasteiger partial charge in [0.05, 0.1) is 11.4 Å². The summed E-state index contributed by atoms with van der Waals surface area (Å²) < 4.78 is 0.852. The molecule has 0 aliphatic carbocycles. The third kappa shape index (κ3) is 2.23. The highest BCUT2D eigenvalue weighted by Gasteiger charge is 2.28. The molecule has 1 fully saturated rings. The molecule has 0 bridgehead atoms. The number of imide groups is 1. The lowest BCUT2D eigenvalue weighted by molar-refractivity contribution is -0.134. The summed E-state index contributed by atoms with van der Waals surface area (Å²) in [5.74, 6) is -0.742. The van der Waals surface area contributed by atoms with Crippen LogP contribution in [0, 0.1) is 0 Å². The molecule has 1 aromatic heterocycles. The van der Waals surface area contributed by atoms with E-state index in [1.165, 1.54) is 6.33 Å². The number of carbonyl (C=O) groups is 2. The van der Waals surface area contributed by atoms with Crippen LogP contribution in [0.25, 0.3) is 10.9 Å². The zero-order chi connectivity index (χ0) is 13.4. The number of hydrogen-bond acceptors (Lipinski definition) is 4. The van der Waals surface area contributed by atoms with Gasteiger partial charge in [-0.3, -0.25) is 14.9 Å². The molecule has 5 nitrogen and oxygen atoms in total. The zero-order valence-corrected chi connectivity index (χ0v) is 11.5. The van der Waals surface area contributed by atoms with E-state index >= 15 is 0 Å². The van der Waals surface area contributed by atoms with E-state index in [9.17, 15) is 9.59 Å². The van der Waals surface area contributed by atoms with Crippen molar-refractivity contribution in [2.24, 2.45) is 0 Å². The number of carbonyl (C=O) groups excluding carboxylic acids is 2. The predicted molar refractivity (Wildman–Crippen MR) is 72.4 cm³/mol. The zero-order valence-electron chi connectivity index (χ0n) is 9.89. The van der Waals surface area contributed by atoms with Gasteiger partial charge in [-0.2, -0.15) is 0 Å². The molecule has 1 unspecified atom stereocenters. The fraction of sp³-hybridized carbons (Fsp3) is 0.231. The normalized spacial score (nSPS) is 19.5. The summed E-state index contributed by atoms with van der Waals surface area (Å²) in [5.41, 5.74) is 1.65. The molecule has 1 saturated heterocycles. The van der Waals surface area contributed by atoms with Gasteiger partial charge in [-0.1, -0.05) is 15.9 Å². The van der Waals surface area contributed by atoms with Gasteiger partial charge in [0.25, 0.3) is 0 Å². The van der Waals surface area contributed by atoms with Crippen LogP contribution in [0.15, 0.2) is 29.1 Å². The third-order valence-corrected chi connectivity index (χ3v) is 3.89. The van der Waals surface area contributed by atoms with Crippen LogP contribution in [0.1, 0.15) is 24.3 Å². The first kappa shape index (κ1) is 12.2. The summed E-state index contributed by atoms with van der Waals surface area (Å²) in [4.78, 5) is 31.2. The van der Waals surface area contributed by atoms with Gasteiger partial charge < -0.3 is 0 Å². The van der Waals surface area contributed by atoms with Crippen LogP contribution in [0.5, 0.6) is 0 Å². The van der Waals surface area contributed by atoms with Crippen molar-refractivity contribution in [3.63, 3.8) is 0 Å². The molecule has 2 amide bonds. The average molecular weight is 320 g/mol. The molecule has 3 rings (SSSR count). The SMILES string of the molecule is O=C1CCC(c2cc(Br)c3cncnc3c2)C(=O)N1. The lowest BCUT2D eigenvalue weighted by Gasteiger charge is -2.21. The van der Waals surface area contributed by atoms with Crippen LogP contribution < -0.4 is 5.32 Å². The Morgan fingerprint density at radius 2 is 2.16 bits per heavy atom. The van der Waals surface area contributed by atoms with Gasteiger partial charge in [0.2, 0.25) is 11.8 Å². The van der Waals surface area contributed by atoms with Crippen LogP contribution in [-0.4, -0.2) is 21.8 Å². The van der Waals surface area contributed by atoms with Crippen molar-refractivity contribution in [2.75, 3.05) is 0 Å². The number of hydrogen-bond donors (Lipinski definition) is 1. The van der Waals surface area contributed by atoms with Crippen molar-refractivity contribution in [3.05, 3.63) is 34.7 Å². The van der Waals surface area contributed by atoms with Crippen molar-refractivity contribution in [2.45, 2.75) is 18.8 Å². The Balaban J connectivity index is 2.06. The highest BCUT2D eigenvalue weighted by Crippen LogP contribution is 2.31. The van der Waals surface area contributed by atoms with Gasteiger partial charge in [-0.15, -0.1) is 0 Å². The molecular weight excluding hydrogens is 310 g/mol. The van der Waals surface area contributed by atoms with Crippen molar-refractivity contribution in [3.8, 4) is 0 Å². The van der Waals surface area contributed by atoms with Gasteiger partial charge in [-0.05, 0) is 24.1 Å². The standard InChI is InChI=1S/C13H10BrN3O2/c14-10-3-7(4-11-9(10)5-15-6-16-11)8-1-2-12(18)17-13(8)19/h3-6,8H,1-2H2,(H,17,18,19). The Morgan fingerprint density at radius 3 is 2.95 bits per heavy atom. The van der Waals surface area contributed by atoms with Gasteiger partial charge in [-0.25, -0.2) is 9.97 Å². The fourth-order valence-corrected chi connectivity index (χ4v) is 2.84. The number of amides is 2. The number of nitrogens with zero attached hydrogens (tertiary/aromatic N) is 2. The largest absolute Gasteiger partial charge is 0.296 e. The summed E-state index contributed by atoms with van der Waals surface area (Å²) in [6, 6.07) is 3.77. The van der Waals surface area contributed by atoms with Gasteiger partial charge in [0, 0.05) is 22.5 Å².